The van der Waals surface area contributed by atoms with Gasteiger partial charge in [0, 0.05) is 31.3 Å². The molecule has 28 heavy (non-hydrogen) atoms. The van der Waals surface area contributed by atoms with Crippen molar-refractivity contribution in [3.05, 3.63) is 59.7 Å². The number of hydrogen-bond acceptors (Lipinski definition) is 5. The zero-order chi connectivity index (χ0) is 20.1. The molecule has 1 atom stereocenters. The third-order valence-electron chi connectivity index (χ3n) is 4.64. The average Bonchev–Trinajstić information content (AvgIpc) is 2.85. The van der Waals surface area contributed by atoms with Crippen LogP contribution < -0.4 is 9.47 Å². The summed E-state index contributed by atoms with van der Waals surface area (Å²) in [6, 6.07) is 14.4. The topological polar surface area (TPSA) is 79.3 Å². The number of amides is 2. The Labute approximate surface area is 164 Å². The first-order valence-corrected chi connectivity index (χ1v) is 9.02. The van der Waals surface area contributed by atoms with Crippen molar-refractivity contribution in [1.82, 2.24) is 9.80 Å². The van der Waals surface area contributed by atoms with E-state index < -0.39 is 6.10 Å². The fourth-order valence-corrected chi connectivity index (χ4v) is 3.22. The van der Waals surface area contributed by atoms with Gasteiger partial charge < -0.3 is 24.4 Å². The molecule has 1 aliphatic heterocycles. The molecule has 7 nitrogen and oxygen atoms in total. The van der Waals surface area contributed by atoms with Gasteiger partial charge in [-0.2, -0.15) is 0 Å². The molecule has 2 amide bonds. The van der Waals surface area contributed by atoms with Crippen LogP contribution in [0.1, 0.15) is 15.9 Å². The second-order valence-corrected chi connectivity index (χ2v) is 6.70. The largest absolute Gasteiger partial charge is 0.497 e. The normalized spacial score (nSPS) is 17.2. The van der Waals surface area contributed by atoms with E-state index in [-0.39, 0.29) is 31.4 Å². The standard InChI is InChI=1S/C21H24N2O5/c1-27-18-8-16(9-19(10-18)28-2)21(26)23-13-17(24)12-22(20(25)14-23)11-15-6-4-3-5-7-15/h3-10,17,24H,11-14H2,1-2H3. The van der Waals surface area contributed by atoms with Crippen molar-refractivity contribution in [3.8, 4) is 11.5 Å². The van der Waals surface area contributed by atoms with Crippen LogP contribution >= 0.6 is 0 Å². The van der Waals surface area contributed by atoms with Gasteiger partial charge in [-0.05, 0) is 17.7 Å². The van der Waals surface area contributed by atoms with Gasteiger partial charge in [0.2, 0.25) is 5.91 Å². The maximum atomic E-state index is 13.0. The molecular formula is C21H24N2O5. The number of rotatable bonds is 5. The number of ether oxygens (including phenoxy) is 2. The van der Waals surface area contributed by atoms with Crippen molar-refractivity contribution in [3.63, 3.8) is 0 Å². The molecule has 7 heteroatoms. The Morgan fingerprint density at radius 1 is 1.07 bits per heavy atom. The third kappa shape index (κ3) is 4.61. The minimum atomic E-state index is -0.827. The number of β-amino-alcohol motifs (C(OH)–C–C–N with tert-alkyl or cyclic N) is 1. The molecule has 1 fully saturated rings. The lowest BCUT2D eigenvalue weighted by atomic mass is 10.1. The number of aliphatic hydroxyl groups excluding tert-OH is 1. The van der Waals surface area contributed by atoms with E-state index in [9.17, 15) is 14.7 Å². The Kier molecular flexibility index (Phi) is 6.16. The Morgan fingerprint density at radius 3 is 2.32 bits per heavy atom. The molecule has 148 valence electrons. The van der Waals surface area contributed by atoms with Crippen molar-refractivity contribution >= 4 is 11.8 Å². The summed E-state index contributed by atoms with van der Waals surface area (Å²) in [7, 11) is 3.01. The Balaban J connectivity index is 1.78. The molecule has 2 aromatic rings. The quantitative estimate of drug-likeness (QED) is 0.846. The van der Waals surface area contributed by atoms with E-state index in [2.05, 4.69) is 0 Å². The molecule has 0 saturated carbocycles. The molecule has 1 saturated heterocycles. The summed E-state index contributed by atoms with van der Waals surface area (Å²) < 4.78 is 10.4. The van der Waals surface area contributed by atoms with Crippen molar-refractivity contribution in [2.45, 2.75) is 12.6 Å². The smallest absolute Gasteiger partial charge is 0.254 e. The summed E-state index contributed by atoms with van der Waals surface area (Å²) in [5, 5.41) is 10.4. The van der Waals surface area contributed by atoms with Gasteiger partial charge in [0.15, 0.2) is 0 Å². The summed E-state index contributed by atoms with van der Waals surface area (Å²) in [4.78, 5) is 28.7. The molecule has 0 aliphatic carbocycles. The highest BCUT2D eigenvalue weighted by atomic mass is 16.5. The summed E-state index contributed by atoms with van der Waals surface area (Å²) in [5.74, 6) is 0.403. The monoisotopic (exact) mass is 384 g/mol. The molecule has 0 spiro atoms. The molecule has 0 radical (unpaired) electrons. The lowest BCUT2D eigenvalue weighted by Gasteiger charge is -2.22. The highest BCUT2D eigenvalue weighted by Crippen LogP contribution is 2.24. The van der Waals surface area contributed by atoms with Gasteiger partial charge in [0.05, 0.1) is 20.3 Å². The number of hydrogen-bond donors (Lipinski definition) is 1. The highest BCUT2D eigenvalue weighted by Gasteiger charge is 2.30. The summed E-state index contributed by atoms with van der Waals surface area (Å²) in [5.41, 5.74) is 1.31. The molecular weight excluding hydrogens is 360 g/mol. The van der Waals surface area contributed by atoms with Gasteiger partial charge in [0.25, 0.3) is 5.91 Å². The second kappa shape index (κ2) is 8.75. The van der Waals surface area contributed by atoms with Crippen LogP contribution in [-0.4, -0.2) is 66.7 Å². The SMILES string of the molecule is COc1cc(OC)cc(C(=O)N2CC(=O)N(Cc3ccccc3)CC(O)C2)c1. The Morgan fingerprint density at radius 2 is 1.71 bits per heavy atom. The lowest BCUT2D eigenvalue weighted by Crippen LogP contribution is -2.39. The minimum absolute atomic E-state index is 0.0788. The van der Waals surface area contributed by atoms with Crippen LogP contribution in [-0.2, 0) is 11.3 Å². The third-order valence-corrected chi connectivity index (χ3v) is 4.64. The fraction of sp³-hybridized carbons (Fsp3) is 0.333. The molecule has 1 aliphatic rings. The van der Waals surface area contributed by atoms with Crippen LogP contribution in [0.4, 0.5) is 0 Å². The van der Waals surface area contributed by atoms with Crippen LogP contribution in [0.15, 0.2) is 48.5 Å². The highest BCUT2D eigenvalue weighted by molar-refractivity contribution is 5.97. The zero-order valence-electron chi connectivity index (χ0n) is 16.0. The molecule has 1 N–H and O–H groups in total. The van der Waals surface area contributed by atoms with Crippen LogP contribution in [0.2, 0.25) is 0 Å². The van der Waals surface area contributed by atoms with Gasteiger partial charge in [0.1, 0.15) is 18.0 Å². The summed E-state index contributed by atoms with van der Waals surface area (Å²) in [6.07, 6.45) is -0.827. The number of carbonyl (C=O) groups is 2. The minimum Gasteiger partial charge on any atom is -0.497 e. The second-order valence-electron chi connectivity index (χ2n) is 6.70. The molecule has 0 aromatic heterocycles. The molecule has 2 aromatic carbocycles. The number of benzene rings is 2. The van der Waals surface area contributed by atoms with E-state index in [1.807, 2.05) is 30.3 Å². The van der Waals surface area contributed by atoms with Crippen molar-refractivity contribution in [2.75, 3.05) is 33.9 Å². The zero-order valence-corrected chi connectivity index (χ0v) is 16.0. The van der Waals surface area contributed by atoms with Crippen molar-refractivity contribution in [1.29, 1.82) is 0 Å². The predicted octanol–water partition coefficient (Wildman–Crippen LogP) is 1.55. The average molecular weight is 384 g/mol. The number of carbonyl (C=O) groups excluding carboxylic acids is 2. The number of nitrogens with zero attached hydrogens (tertiary/aromatic N) is 2. The van der Waals surface area contributed by atoms with Gasteiger partial charge >= 0.3 is 0 Å². The Hall–Kier alpha value is -3.06. The first kappa shape index (κ1) is 19.7. The fourth-order valence-electron chi connectivity index (χ4n) is 3.22. The maximum absolute atomic E-state index is 13.0. The first-order chi connectivity index (χ1) is 13.5. The number of aliphatic hydroxyl groups is 1. The van der Waals surface area contributed by atoms with Crippen LogP contribution in [0.5, 0.6) is 11.5 Å². The summed E-state index contributed by atoms with van der Waals surface area (Å²) >= 11 is 0. The predicted molar refractivity (Wildman–Crippen MR) is 103 cm³/mol. The molecule has 1 heterocycles. The first-order valence-electron chi connectivity index (χ1n) is 9.02. The van der Waals surface area contributed by atoms with Crippen LogP contribution in [0, 0.1) is 0 Å². The van der Waals surface area contributed by atoms with E-state index in [1.165, 1.54) is 19.1 Å². The lowest BCUT2D eigenvalue weighted by molar-refractivity contribution is -0.131. The van der Waals surface area contributed by atoms with Crippen LogP contribution in [0.3, 0.4) is 0 Å². The van der Waals surface area contributed by atoms with Gasteiger partial charge in [-0.25, -0.2) is 0 Å². The van der Waals surface area contributed by atoms with E-state index in [0.29, 0.717) is 23.6 Å². The van der Waals surface area contributed by atoms with E-state index in [1.54, 1.807) is 23.1 Å². The van der Waals surface area contributed by atoms with E-state index in [4.69, 9.17) is 9.47 Å². The molecule has 3 rings (SSSR count). The van der Waals surface area contributed by atoms with E-state index in [0.717, 1.165) is 5.56 Å². The van der Waals surface area contributed by atoms with Gasteiger partial charge in [-0.15, -0.1) is 0 Å². The number of methoxy groups -OCH3 is 2. The van der Waals surface area contributed by atoms with Crippen LogP contribution in [0.25, 0.3) is 0 Å². The van der Waals surface area contributed by atoms with E-state index >= 15 is 0 Å². The van der Waals surface area contributed by atoms with Gasteiger partial charge in [-0.3, -0.25) is 9.59 Å². The van der Waals surface area contributed by atoms with Crippen molar-refractivity contribution in [2.24, 2.45) is 0 Å². The maximum Gasteiger partial charge on any atom is 0.254 e. The molecule has 0 bridgehead atoms. The van der Waals surface area contributed by atoms with Gasteiger partial charge in [-0.1, -0.05) is 30.3 Å². The van der Waals surface area contributed by atoms with Crippen molar-refractivity contribution < 1.29 is 24.2 Å². The Bertz CT molecular complexity index is 818. The molecule has 1 unspecified atom stereocenters. The summed E-state index contributed by atoms with van der Waals surface area (Å²) in [6.45, 7) is 0.558.